The quantitative estimate of drug-likeness (QED) is 0.685. The van der Waals surface area contributed by atoms with Gasteiger partial charge in [0.1, 0.15) is 0 Å². The van der Waals surface area contributed by atoms with Crippen LogP contribution in [-0.2, 0) is 9.59 Å². The fourth-order valence-corrected chi connectivity index (χ4v) is 2.50. The molecule has 1 heterocycles. The van der Waals surface area contributed by atoms with Crippen molar-refractivity contribution in [1.29, 1.82) is 0 Å². The van der Waals surface area contributed by atoms with Crippen molar-refractivity contribution in [3.8, 4) is 0 Å². The minimum atomic E-state index is -0.288. The highest BCUT2D eigenvalue weighted by molar-refractivity contribution is 5.86. The zero-order valence-corrected chi connectivity index (χ0v) is 11.5. The number of unbranched alkanes of at least 4 members (excludes halogenated alkanes) is 1. The summed E-state index contributed by atoms with van der Waals surface area (Å²) in [5, 5.41) is 6.25. The van der Waals surface area contributed by atoms with Gasteiger partial charge in [-0.2, -0.15) is 0 Å². The minimum absolute atomic E-state index is 0.0676. The lowest BCUT2D eigenvalue weighted by Gasteiger charge is -2.25. The molecule has 0 saturated carbocycles. The number of para-hydroxylation sites is 1. The van der Waals surface area contributed by atoms with E-state index < -0.39 is 0 Å². The molecule has 108 valence electrons. The van der Waals surface area contributed by atoms with Crippen LogP contribution in [0.25, 0.3) is 0 Å². The number of fused-ring (bicyclic) bond motifs is 1. The Morgan fingerprint density at radius 3 is 2.90 bits per heavy atom. The van der Waals surface area contributed by atoms with Gasteiger partial charge in [-0.25, -0.2) is 0 Å². The first-order valence-electron chi connectivity index (χ1n) is 7.07. The molecule has 5 heteroatoms. The standard InChI is InChI=1S/C15H21N3O2/c16-14(19)7-3-4-9-18-15(20)12-8-10-17-13-6-2-1-5-11(12)13/h1-2,5-6,12,17H,3-4,7-10H2,(H2,16,19)(H,18,20). The second-order valence-corrected chi connectivity index (χ2v) is 5.07. The van der Waals surface area contributed by atoms with Gasteiger partial charge < -0.3 is 16.4 Å². The van der Waals surface area contributed by atoms with E-state index in [1.807, 2.05) is 24.3 Å². The summed E-state index contributed by atoms with van der Waals surface area (Å²) in [6, 6.07) is 7.93. The summed E-state index contributed by atoms with van der Waals surface area (Å²) >= 11 is 0. The van der Waals surface area contributed by atoms with Gasteiger partial charge in [0, 0.05) is 25.2 Å². The van der Waals surface area contributed by atoms with Crippen molar-refractivity contribution in [3.05, 3.63) is 29.8 Å². The number of amides is 2. The van der Waals surface area contributed by atoms with Gasteiger partial charge in [-0.3, -0.25) is 9.59 Å². The summed E-state index contributed by atoms with van der Waals surface area (Å²) in [5.41, 5.74) is 7.18. The van der Waals surface area contributed by atoms with E-state index in [0.29, 0.717) is 13.0 Å². The smallest absolute Gasteiger partial charge is 0.227 e. The Labute approximate surface area is 118 Å². The highest BCUT2D eigenvalue weighted by Gasteiger charge is 2.25. The van der Waals surface area contributed by atoms with Gasteiger partial charge in [-0.1, -0.05) is 18.2 Å². The predicted molar refractivity (Wildman–Crippen MR) is 78.3 cm³/mol. The van der Waals surface area contributed by atoms with Crippen molar-refractivity contribution in [2.45, 2.75) is 31.6 Å². The van der Waals surface area contributed by atoms with Crippen molar-refractivity contribution in [2.24, 2.45) is 5.73 Å². The lowest BCUT2D eigenvalue weighted by molar-refractivity contribution is -0.122. The van der Waals surface area contributed by atoms with Crippen LogP contribution in [0.4, 0.5) is 5.69 Å². The number of hydrogen-bond donors (Lipinski definition) is 3. The summed E-state index contributed by atoms with van der Waals surface area (Å²) in [5.74, 6) is -0.301. The fourth-order valence-electron chi connectivity index (χ4n) is 2.50. The maximum atomic E-state index is 12.2. The Bertz CT molecular complexity index is 488. The number of nitrogens with one attached hydrogen (secondary N) is 2. The SMILES string of the molecule is NC(=O)CCCCNC(=O)C1CCNc2ccccc21. The van der Waals surface area contributed by atoms with E-state index in [4.69, 9.17) is 5.73 Å². The molecular formula is C15H21N3O2. The van der Waals surface area contributed by atoms with Crippen LogP contribution < -0.4 is 16.4 Å². The first kappa shape index (κ1) is 14.4. The van der Waals surface area contributed by atoms with Crippen LogP contribution in [0, 0.1) is 0 Å². The molecule has 2 amide bonds. The second-order valence-electron chi connectivity index (χ2n) is 5.07. The zero-order chi connectivity index (χ0) is 14.4. The molecule has 4 N–H and O–H groups in total. The molecule has 20 heavy (non-hydrogen) atoms. The van der Waals surface area contributed by atoms with Crippen molar-refractivity contribution < 1.29 is 9.59 Å². The molecule has 0 aromatic heterocycles. The second kappa shape index (κ2) is 6.93. The van der Waals surface area contributed by atoms with Gasteiger partial charge in [-0.15, -0.1) is 0 Å². The van der Waals surface area contributed by atoms with Crippen LogP contribution in [-0.4, -0.2) is 24.9 Å². The molecule has 0 spiro atoms. The Morgan fingerprint density at radius 2 is 2.10 bits per heavy atom. The summed E-state index contributed by atoms with van der Waals surface area (Å²) in [7, 11) is 0. The van der Waals surface area contributed by atoms with Crippen molar-refractivity contribution >= 4 is 17.5 Å². The molecule has 1 aromatic rings. The van der Waals surface area contributed by atoms with E-state index in [1.165, 1.54) is 0 Å². The van der Waals surface area contributed by atoms with Gasteiger partial charge in [0.2, 0.25) is 11.8 Å². The zero-order valence-electron chi connectivity index (χ0n) is 11.5. The highest BCUT2D eigenvalue weighted by Crippen LogP contribution is 2.31. The molecule has 1 aliphatic rings. The van der Waals surface area contributed by atoms with Crippen LogP contribution in [0.3, 0.4) is 0 Å². The molecule has 0 saturated heterocycles. The molecule has 5 nitrogen and oxygen atoms in total. The third-order valence-electron chi connectivity index (χ3n) is 3.55. The van der Waals surface area contributed by atoms with E-state index in [1.54, 1.807) is 0 Å². The predicted octanol–water partition coefficient (Wildman–Crippen LogP) is 1.36. The summed E-state index contributed by atoms with van der Waals surface area (Å²) in [6.45, 7) is 1.41. The number of primary amides is 1. The van der Waals surface area contributed by atoms with Gasteiger partial charge in [0.25, 0.3) is 0 Å². The average molecular weight is 275 g/mol. The Balaban J connectivity index is 1.83. The molecule has 0 fully saturated rings. The summed E-state index contributed by atoms with van der Waals surface area (Å²) in [6.07, 6.45) is 2.69. The lowest BCUT2D eigenvalue weighted by atomic mass is 9.90. The van der Waals surface area contributed by atoms with Crippen LogP contribution in [0.15, 0.2) is 24.3 Å². The van der Waals surface area contributed by atoms with E-state index in [2.05, 4.69) is 10.6 Å². The first-order chi connectivity index (χ1) is 9.68. The number of anilines is 1. The van der Waals surface area contributed by atoms with Crippen LogP contribution in [0.1, 0.15) is 37.2 Å². The molecule has 1 aliphatic heterocycles. The molecular weight excluding hydrogens is 254 g/mol. The third kappa shape index (κ3) is 3.73. The van der Waals surface area contributed by atoms with Crippen LogP contribution >= 0.6 is 0 Å². The molecule has 0 aliphatic carbocycles. The summed E-state index contributed by atoms with van der Waals surface area (Å²) in [4.78, 5) is 22.8. The maximum absolute atomic E-state index is 12.2. The number of carbonyl (C=O) groups is 2. The minimum Gasteiger partial charge on any atom is -0.385 e. The van der Waals surface area contributed by atoms with Gasteiger partial charge in [0.15, 0.2) is 0 Å². The van der Waals surface area contributed by atoms with E-state index in [0.717, 1.165) is 37.1 Å². The molecule has 1 unspecified atom stereocenters. The summed E-state index contributed by atoms with van der Waals surface area (Å²) < 4.78 is 0. The third-order valence-corrected chi connectivity index (χ3v) is 3.55. The molecule has 1 atom stereocenters. The number of benzene rings is 1. The fraction of sp³-hybridized carbons (Fsp3) is 0.467. The monoisotopic (exact) mass is 275 g/mol. The van der Waals surface area contributed by atoms with Crippen molar-refractivity contribution in [2.75, 3.05) is 18.4 Å². The van der Waals surface area contributed by atoms with E-state index >= 15 is 0 Å². The molecule has 2 rings (SSSR count). The van der Waals surface area contributed by atoms with Gasteiger partial charge in [-0.05, 0) is 30.9 Å². The van der Waals surface area contributed by atoms with Gasteiger partial charge in [0.05, 0.1) is 5.92 Å². The molecule has 1 aromatic carbocycles. The first-order valence-corrected chi connectivity index (χ1v) is 7.07. The number of hydrogen-bond acceptors (Lipinski definition) is 3. The largest absolute Gasteiger partial charge is 0.385 e. The number of rotatable bonds is 6. The average Bonchev–Trinajstić information content (AvgIpc) is 2.45. The van der Waals surface area contributed by atoms with Crippen molar-refractivity contribution in [3.63, 3.8) is 0 Å². The van der Waals surface area contributed by atoms with Crippen molar-refractivity contribution in [1.82, 2.24) is 5.32 Å². The molecule has 0 bridgehead atoms. The Morgan fingerprint density at radius 1 is 1.30 bits per heavy atom. The van der Waals surface area contributed by atoms with E-state index in [9.17, 15) is 9.59 Å². The molecule has 0 radical (unpaired) electrons. The van der Waals surface area contributed by atoms with Crippen LogP contribution in [0.5, 0.6) is 0 Å². The number of carbonyl (C=O) groups excluding carboxylic acids is 2. The van der Waals surface area contributed by atoms with Crippen LogP contribution in [0.2, 0.25) is 0 Å². The maximum Gasteiger partial charge on any atom is 0.227 e. The van der Waals surface area contributed by atoms with Gasteiger partial charge >= 0.3 is 0 Å². The Kier molecular flexibility index (Phi) is 4.98. The Hall–Kier alpha value is -2.04. The lowest BCUT2D eigenvalue weighted by Crippen LogP contribution is -2.33. The number of nitrogens with two attached hydrogens (primary N) is 1. The topological polar surface area (TPSA) is 84.2 Å². The highest BCUT2D eigenvalue weighted by atomic mass is 16.2. The van der Waals surface area contributed by atoms with E-state index in [-0.39, 0.29) is 17.7 Å². The normalized spacial score (nSPS) is 16.9.